The van der Waals surface area contributed by atoms with E-state index in [1.54, 1.807) is 0 Å². The number of fused-ring (bicyclic) bond motifs is 1. The molecule has 0 spiro atoms. The van der Waals surface area contributed by atoms with Crippen LogP contribution in [0.4, 0.5) is 0 Å². The van der Waals surface area contributed by atoms with E-state index in [2.05, 4.69) is 4.74 Å². The Hall–Kier alpha value is -1.39. The quantitative estimate of drug-likeness (QED) is 0.480. The Labute approximate surface area is 80.0 Å². The summed E-state index contributed by atoms with van der Waals surface area (Å²) in [5.74, 6) is -3.62. The highest BCUT2D eigenvalue weighted by Crippen LogP contribution is 2.52. The molecule has 0 aromatic carbocycles. The Morgan fingerprint density at radius 1 is 1.50 bits per heavy atom. The molecule has 2 aliphatic rings. The second kappa shape index (κ2) is 2.56. The minimum atomic E-state index is -1.14. The molecule has 0 aromatic heterocycles. The largest absolute Gasteiger partial charge is 0.481 e. The number of cyclic esters (lactones) is 2. The highest BCUT2D eigenvalue weighted by atomic mass is 16.6. The molecular weight excluding hydrogens is 188 g/mol. The number of aliphatic carboxylic acids is 1. The molecule has 2 rings (SSSR count). The summed E-state index contributed by atoms with van der Waals surface area (Å²) in [5.41, 5.74) is -1.14. The Morgan fingerprint density at radius 3 is 2.71 bits per heavy atom. The van der Waals surface area contributed by atoms with Gasteiger partial charge in [0, 0.05) is 0 Å². The molecule has 0 radical (unpaired) electrons. The number of rotatable bonds is 1. The molecule has 1 heterocycles. The molecule has 3 unspecified atom stereocenters. The van der Waals surface area contributed by atoms with Gasteiger partial charge in [0.05, 0.1) is 17.3 Å². The van der Waals surface area contributed by atoms with Gasteiger partial charge in [-0.2, -0.15) is 0 Å². The summed E-state index contributed by atoms with van der Waals surface area (Å²) in [6, 6.07) is 0. The van der Waals surface area contributed by atoms with Crippen molar-refractivity contribution in [3.63, 3.8) is 0 Å². The van der Waals surface area contributed by atoms with Gasteiger partial charge in [-0.3, -0.25) is 14.4 Å². The van der Waals surface area contributed by atoms with E-state index in [4.69, 9.17) is 5.11 Å². The number of carbonyl (C=O) groups excluding carboxylic acids is 2. The van der Waals surface area contributed by atoms with Crippen molar-refractivity contribution in [1.29, 1.82) is 0 Å². The van der Waals surface area contributed by atoms with Crippen molar-refractivity contribution < 1.29 is 24.2 Å². The zero-order valence-electron chi connectivity index (χ0n) is 7.65. The van der Waals surface area contributed by atoms with Crippen molar-refractivity contribution in [2.75, 3.05) is 0 Å². The fourth-order valence-corrected chi connectivity index (χ4v) is 2.48. The summed E-state index contributed by atoms with van der Waals surface area (Å²) >= 11 is 0. The number of hydrogen-bond donors (Lipinski definition) is 1. The van der Waals surface area contributed by atoms with Gasteiger partial charge in [0.25, 0.3) is 0 Å². The first kappa shape index (κ1) is 9.18. The first-order valence-electron chi connectivity index (χ1n) is 4.47. The molecule has 3 atom stereocenters. The lowest BCUT2D eigenvalue weighted by atomic mass is 9.75. The van der Waals surface area contributed by atoms with Crippen LogP contribution in [0.25, 0.3) is 0 Å². The maximum Gasteiger partial charge on any atom is 0.321 e. The third-order valence-corrected chi connectivity index (χ3v) is 3.41. The van der Waals surface area contributed by atoms with Crippen LogP contribution in [0.5, 0.6) is 0 Å². The highest BCUT2D eigenvalue weighted by molar-refractivity contribution is 6.02. The number of carboxylic acids is 1. The van der Waals surface area contributed by atoms with Crippen molar-refractivity contribution in [2.24, 2.45) is 17.3 Å². The van der Waals surface area contributed by atoms with E-state index < -0.39 is 35.2 Å². The molecular formula is C9H10O5. The Bertz CT molecular complexity index is 334. The molecule has 76 valence electrons. The van der Waals surface area contributed by atoms with Crippen molar-refractivity contribution in [1.82, 2.24) is 0 Å². The maximum atomic E-state index is 11.4. The number of hydrogen-bond acceptors (Lipinski definition) is 4. The molecule has 5 nitrogen and oxygen atoms in total. The van der Waals surface area contributed by atoms with Crippen molar-refractivity contribution in [2.45, 2.75) is 19.8 Å². The number of esters is 2. The van der Waals surface area contributed by atoms with Crippen LogP contribution in [0, 0.1) is 17.3 Å². The van der Waals surface area contributed by atoms with Crippen LogP contribution in [0.3, 0.4) is 0 Å². The molecule has 1 saturated heterocycles. The highest BCUT2D eigenvalue weighted by Gasteiger charge is 2.64. The van der Waals surface area contributed by atoms with Gasteiger partial charge in [0.15, 0.2) is 0 Å². The molecule has 0 aromatic rings. The van der Waals surface area contributed by atoms with Crippen molar-refractivity contribution in [3.05, 3.63) is 0 Å². The maximum absolute atomic E-state index is 11.4. The van der Waals surface area contributed by atoms with Crippen LogP contribution in [0.2, 0.25) is 0 Å². The van der Waals surface area contributed by atoms with Gasteiger partial charge in [0.2, 0.25) is 0 Å². The standard InChI is InChI=1S/C9H10O5/c1-9-4(6(10)11)2-3-5(9)7(12)14-8(9)13/h4-5H,2-3H2,1H3,(H,10,11). The van der Waals surface area contributed by atoms with Crippen LogP contribution in [-0.4, -0.2) is 23.0 Å². The Kier molecular flexibility index (Phi) is 1.68. The monoisotopic (exact) mass is 198 g/mol. The van der Waals surface area contributed by atoms with Gasteiger partial charge >= 0.3 is 17.9 Å². The summed E-state index contributed by atoms with van der Waals surface area (Å²) in [5, 5.41) is 8.91. The number of carboxylic acid groups (broad SMARTS) is 1. The Balaban J connectivity index is 2.42. The van der Waals surface area contributed by atoms with Gasteiger partial charge in [-0.25, -0.2) is 0 Å². The zero-order chi connectivity index (χ0) is 10.5. The second-order valence-electron chi connectivity index (χ2n) is 4.01. The van der Waals surface area contributed by atoms with Gasteiger partial charge in [-0.05, 0) is 19.8 Å². The van der Waals surface area contributed by atoms with Crippen LogP contribution >= 0.6 is 0 Å². The molecule has 0 amide bonds. The first-order chi connectivity index (χ1) is 6.48. The SMILES string of the molecule is CC12C(=O)OC(=O)C1CCC2C(=O)O. The summed E-state index contributed by atoms with van der Waals surface area (Å²) in [4.78, 5) is 33.5. The molecule has 5 heteroatoms. The Morgan fingerprint density at radius 2 is 2.14 bits per heavy atom. The van der Waals surface area contributed by atoms with Crippen LogP contribution in [0.1, 0.15) is 19.8 Å². The third kappa shape index (κ3) is 0.867. The summed E-state index contributed by atoms with van der Waals surface area (Å²) in [7, 11) is 0. The smallest absolute Gasteiger partial charge is 0.321 e. The summed E-state index contributed by atoms with van der Waals surface area (Å²) < 4.78 is 4.47. The van der Waals surface area contributed by atoms with Crippen LogP contribution in [-0.2, 0) is 19.1 Å². The lowest BCUT2D eigenvalue weighted by Crippen LogP contribution is -2.36. The fraction of sp³-hybridized carbons (Fsp3) is 0.667. The van der Waals surface area contributed by atoms with E-state index in [1.807, 2.05) is 0 Å². The lowest BCUT2D eigenvalue weighted by molar-refractivity contribution is -0.160. The summed E-state index contributed by atoms with van der Waals surface area (Å²) in [6.45, 7) is 1.51. The van der Waals surface area contributed by atoms with Crippen molar-refractivity contribution in [3.8, 4) is 0 Å². The van der Waals surface area contributed by atoms with E-state index in [9.17, 15) is 14.4 Å². The molecule has 1 saturated carbocycles. The predicted molar refractivity (Wildman–Crippen MR) is 43.1 cm³/mol. The van der Waals surface area contributed by atoms with E-state index in [1.165, 1.54) is 6.92 Å². The van der Waals surface area contributed by atoms with E-state index >= 15 is 0 Å². The van der Waals surface area contributed by atoms with Gasteiger partial charge in [0.1, 0.15) is 0 Å². The van der Waals surface area contributed by atoms with Crippen molar-refractivity contribution >= 4 is 17.9 Å². The van der Waals surface area contributed by atoms with Gasteiger partial charge in [-0.15, -0.1) is 0 Å². The predicted octanol–water partition coefficient (Wildman–Crippen LogP) is 0.187. The topological polar surface area (TPSA) is 80.7 Å². The minimum Gasteiger partial charge on any atom is -0.481 e. The van der Waals surface area contributed by atoms with E-state index in [-0.39, 0.29) is 0 Å². The van der Waals surface area contributed by atoms with E-state index in [0.29, 0.717) is 12.8 Å². The molecule has 1 aliphatic carbocycles. The molecule has 1 N–H and O–H groups in total. The van der Waals surface area contributed by atoms with Gasteiger partial charge in [-0.1, -0.05) is 0 Å². The number of carbonyl (C=O) groups is 3. The van der Waals surface area contributed by atoms with Crippen LogP contribution in [0.15, 0.2) is 0 Å². The van der Waals surface area contributed by atoms with Gasteiger partial charge < -0.3 is 9.84 Å². The lowest BCUT2D eigenvalue weighted by Gasteiger charge is -2.21. The molecule has 1 aliphatic heterocycles. The summed E-state index contributed by atoms with van der Waals surface area (Å²) in [6.07, 6.45) is 0.801. The molecule has 0 bridgehead atoms. The zero-order valence-corrected chi connectivity index (χ0v) is 7.65. The fourth-order valence-electron chi connectivity index (χ4n) is 2.48. The number of ether oxygens (including phenoxy) is 1. The van der Waals surface area contributed by atoms with Crippen LogP contribution < -0.4 is 0 Å². The second-order valence-corrected chi connectivity index (χ2v) is 4.01. The normalized spacial score (nSPS) is 40.9. The van der Waals surface area contributed by atoms with E-state index in [0.717, 1.165) is 0 Å². The third-order valence-electron chi connectivity index (χ3n) is 3.41. The molecule has 2 fully saturated rings. The average Bonchev–Trinajstić information content (AvgIpc) is 2.51. The minimum absolute atomic E-state index is 0.372. The average molecular weight is 198 g/mol. The first-order valence-corrected chi connectivity index (χ1v) is 4.47. The molecule has 14 heavy (non-hydrogen) atoms.